The Morgan fingerprint density at radius 2 is 1.81 bits per heavy atom. The van der Waals surface area contributed by atoms with E-state index in [1.165, 1.54) is 6.07 Å². The Morgan fingerprint density at radius 1 is 1.23 bits per heavy atom. The second kappa shape index (κ2) is 6.82. The van der Waals surface area contributed by atoms with Crippen molar-refractivity contribution in [3.8, 4) is 11.8 Å². The van der Waals surface area contributed by atoms with Crippen molar-refractivity contribution < 1.29 is 34.9 Å². The zero-order valence-corrected chi connectivity index (χ0v) is 14.9. The molecule has 0 bridgehead atoms. The summed E-state index contributed by atoms with van der Waals surface area (Å²) in [6.45, 7) is 0. The van der Waals surface area contributed by atoms with Gasteiger partial charge in [0.1, 0.15) is 21.3 Å². The zero-order valence-electron chi connectivity index (χ0n) is 11.7. The summed E-state index contributed by atoms with van der Waals surface area (Å²) in [7, 11) is -3.71. The van der Waals surface area contributed by atoms with Crippen LogP contribution >= 0.6 is 27.5 Å². The first-order valence-corrected chi connectivity index (χ1v) is 8.35. The lowest BCUT2D eigenvalue weighted by Crippen LogP contribution is -2.17. The normalized spacial score (nSPS) is 13.5. The van der Waals surface area contributed by atoms with Gasteiger partial charge in [-0.15, -0.1) is 0 Å². The molecule has 0 aliphatic carbocycles. The second-order valence-corrected chi connectivity index (χ2v) is 7.06. The van der Waals surface area contributed by atoms with E-state index in [4.69, 9.17) is 16.9 Å². The second-order valence-electron chi connectivity index (χ2n) is 4.49. The molecule has 140 valence electrons. The molecule has 26 heavy (non-hydrogen) atoms. The molecule has 0 amide bonds. The summed E-state index contributed by atoms with van der Waals surface area (Å²) in [5, 5.41) is 11.4. The molecule has 14 heteroatoms. The molecular weight excluding hydrogens is 483 g/mol. The predicted molar refractivity (Wildman–Crippen MR) is 78.4 cm³/mol. The Bertz CT molecular complexity index is 925. The van der Waals surface area contributed by atoms with Crippen molar-refractivity contribution in [2.45, 2.75) is 16.6 Å². The van der Waals surface area contributed by atoms with Gasteiger partial charge in [0.2, 0.25) is 0 Å². The standard InChI is InChI=1S/C12H2BrClF7N3OS/c13-10-9(26(25)12(19,20)21)7(3-22)23-24(10)8-5(14)1-4(2-6(8)15)11(16,17)18/h1-2H. The van der Waals surface area contributed by atoms with E-state index in [0.717, 1.165) is 0 Å². The van der Waals surface area contributed by atoms with Gasteiger partial charge >= 0.3 is 11.7 Å². The lowest BCUT2D eigenvalue weighted by Gasteiger charge is -2.12. The van der Waals surface area contributed by atoms with Gasteiger partial charge in [0.05, 0.1) is 10.6 Å². The molecule has 1 atom stereocenters. The summed E-state index contributed by atoms with van der Waals surface area (Å²) in [5.74, 6) is -1.57. The number of rotatable bonds is 2. The molecule has 1 heterocycles. The Labute approximate surface area is 155 Å². The largest absolute Gasteiger partial charge is 0.476 e. The average molecular weight is 485 g/mol. The molecule has 0 saturated carbocycles. The number of halogens is 9. The topological polar surface area (TPSA) is 58.7 Å². The minimum atomic E-state index is -5.26. The molecule has 0 aliphatic heterocycles. The van der Waals surface area contributed by atoms with Crippen molar-refractivity contribution in [1.29, 1.82) is 5.26 Å². The fourth-order valence-electron chi connectivity index (χ4n) is 1.82. The minimum absolute atomic E-state index is 0.0573. The molecule has 2 rings (SSSR count). The molecule has 0 spiro atoms. The Kier molecular flexibility index (Phi) is 5.42. The van der Waals surface area contributed by atoms with Gasteiger partial charge in [-0.25, -0.2) is 13.3 Å². The maximum Gasteiger partial charge on any atom is 0.476 e. The maximum absolute atomic E-state index is 14.1. The van der Waals surface area contributed by atoms with Crippen LogP contribution in [0.4, 0.5) is 30.7 Å². The van der Waals surface area contributed by atoms with Crippen LogP contribution in [0.15, 0.2) is 21.6 Å². The molecular formula is C12H2BrClF7N3OS. The number of hydrogen-bond donors (Lipinski definition) is 0. The first-order valence-electron chi connectivity index (χ1n) is 6.02. The third-order valence-corrected chi connectivity index (χ3v) is 5.31. The number of benzene rings is 1. The predicted octanol–water partition coefficient (Wildman–Crippen LogP) is 4.95. The Hall–Kier alpha value is -1.65. The van der Waals surface area contributed by atoms with Crippen LogP contribution in [0.25, 0.3) is 5.69 Å². The van der Waals surface area contributed by atoms with Gasteiger partial charge in [0, 0.05) is 0 Å². The van der Waals surface area contributed by atoms with E-state index in [1.807, 2.05) is 0 Å². The van der Waals surface area contributed by atoms with Crippen LogP contribution in [0, 0.1) is 17.1 Å². The highest BCUT2D eigenvalue weighted by molar-refractivity contribution is 9.10. The first-order chi connectivity index (χ1) is 11.8. The summed E-state index contributed by atoms with van der Waals surface area (Å²) in [6.07, 6.45) is -4.93. The number of nitriles is 1. The minimum Gasteiger partial charge on any atom is -0.245 e. The summed E-state index contributed by atoms with van der Waals surface area (Å²) in [6, 6.07) is 1.64. The van der Waals surface area contributed by atoms with Gasteiger partial charge in [0.25, 0.3) is 0 Å². The number of alkyl halides is 6. The molecule has 1 unspecified atom stereocenters. The Balaban J connectivity index is 2.75. The van der Waals surface area contributed by atoms with E-state index < -0.39 is 59.8 Å². The number of aromatic nitrogens is 2. The van der Waals surface area contributed by atoms with E-state index in [9.17, 15) is 34.9 Å². The maximum atomic E-state index is 14.1. The van der Waals surface area contributed by atoms with Crippen molar-refractivity contribution in [2.24, 2.45) is 0 Å². The quantitative estimate of drug-likeness (QED) is 0.567. The van der Waals surface area contributed by atoms with Crippen LogP contribution in [0.5, 0.6) is 0 Å². The molecule has 0 N–H and O–H groups in total. The fourth-order valence-corrected chi connectivity index (χ4v) is 3.72. The first kappa shape index (κ1) is 20.7. The molecule has 0 saturated heterocycles. The highest BCUT2D eigenvalue weighted by Gasteiger charge is 2.43. The molecule has 0 fully saturated rings. The number of hydrogen-bond acceptors (Lipinski definition) is 3. The highest BCUT2D eigenvalue weighted by Crippen LogP contribution is 2.38. The van der Waals surface area contributed by atoms with Crippen molar-refractivity contribution >= 4 is 38.3 Å². The zero-order chi connectivity index (χ0) is 20.0. The summed E-state index contributed by atoms with van der Waals surface area (Å²) in [4.78, 5) is -1.12. The van der Waals surface area contributed by atoms with E-state index in [-0.39, 0.29) is 6.07 Å². The monoisotopic (exact) mass is 483 g/mol. The molecule has 0 aliphatic rings. The van der Waals surface area contributed by atoms with Gasteiger partial charge in [0.15, 0.2) is 22.3 Å². The molecule has 2 aromatic rings. The third-order valence-electron chi connectivity index (χ3n) is 2.85. The summed E-state index contributed by atoms with van der Waals surface area (Å²) in [5.41, 5.74) is -8.52. The molecule has 4 nitrogen and oxygen atoms in total. The van der Waals surface area contributed by atoms with Crippen LogP contribution in [0.1, 0.15) is 11.3 Å². The van der Waals surface area contributed by atoms with Crippen LogP contribution in [0.3, 0.4) is 0 Å². The van der Waals surface area contributed by atoms with Crippen molar-refractivity contribution in [3.05, 3.63) is 38.8 Å². The van der Waals surface area contributed by atoms with Crippen molar-refractivity contribution in [3.63, 3.8) is 0 Å². The smallest absolute Gasteiger partial charge is 0.245 e. The molecule has 1 aromatic heterocycles. The van der Waals surface area contributed by atoms with Crippen LogP contribution in [-0.4, -0.2) is 19.5 Å². The molecule has 1 aromatic carbocycles. The van der Waals surface area contributed by atoms with Crippen LogP contribution in [-0.2, 0) is 17.0 Å². The van der Waals surface area contributed by atoms with Gasteiger partial charge in [-0.2, -0.15) is 36.7 Å². The van der Waals surface area contributed by atoms with Crippen LogP contribution in [0.2, 0.25) is 5.02 Å². The van der Waals surface area contributed by atoms with Crippen molar-refractivity contribution in [2.75, 3.05) is 0 Å². The Morgan fingerprint density at radius 3 is 2.23 bits per heavy atom. The summed E-state index contributed by atoms with van der Waals surface area (Å²) < 4.78 is 101. The average Bonchev–Trinajstić information content (AvgIpc) is 2.80. The molecule has 0 radical (unpaired) electrons. The van der Waals surface area contributed by atoms with E-state index in [0.29, 0.717) is 10.7 Å². The van der Waals surface area contributed by atoms with Gasteiger partial charge in [-0.3, -0.25) is 0 Å². The van der Waals surface area contributed by atoms with E-state index in [2.05, 4.69) is 21.0 Å². The van der Waals surface area contributed by atoms with Gasteiger partial charge in [-0.1, -0.05) is 11.6 Å². The SMILES string of the molecule is N#Cc1nn(-c2c(F)cc(C(F)(F)F)cc2Cl)c(Br)c1S(=O)C(F)(F)F. The van der Waals surface area contributed by atoms with Crippen molar-refractivity contribution in [1.82, 2.24) is 9.78 Å². The fraction of sp³-hybridized carbons (Fsp3) is 0.167. The van der Waals surface area contributed by atoms with Gasteiger partial charge < -0.3 is 0 Å². The lowest BCUT2D eigenvalue weighted by molar-refractivity contribution is -0.137. The van der Waals surface area contributed by atoms with E-state index >= 15 is 0 Å². The number of nitrogens with zero attached hydrogens (tertiary/aromatic N) is 3. The van der Waals surface area contributed by atoms with Gasteiger partial charge in [-0.05, 0) is 28.1 Å². The highest BCUT2D eigenvalue weighted by atomic mass is 79.9. The van der Waals surface area contributed by atoms with E-state index in [1.54, 1.807) is 0 Å². The summed E-state index contributed by atoms with van der Waals surface area (Å²) >= 11 is 8.23. The third kappa shape index (κ3) is 3.72. The lowest BCUT2D eigenvalue weighted by atomic mass is 10.2. The van der Waals surface area contributed by atoms with Crippen LogP contribution < -0.4 is 0 Å².